The van der Waals surface area contributed by atoms with Crippen molar-refractivity contribution in [2.45, 2.75) is 26.8 Å². The zero-order chi connectivity index (χ0) is 23.7. The number of amides is 2. The minimum atomic E-state index is -0.790. The van der Waals surface area contributed by atoms with Crippen molar-refractivity contribution < 1.29 is 19.1 Å². The molecule has 0 aliphatic carbocycles. The highest BCUT2D eigenvalue weighted by Gasteiger charge is 2.38. The number of nitrogens with one attached hydrogen (secondary N) is 1. The van der Waals surface area contributed by atoms with Crippen LogP contribution in [-0.2, 0) is 4.79 Å². The number of para-hydroxylation sites is 1. The van der Waals surface area contributed by atoms with Gasteiger partial charge in [-0.15, -0.1) is 0 Å². The summed E-state index contributed by atoms with van der Waals surface area (Å²) in [7, 11) is 3.11. The maximum atomic E-state index is 13.7. The van der Waals surface area contributed by atoms with Crippen LogP contribution in [0.1, 0.15) is 38.9 Å². The van der Waals surface area contributed by atoms with Crippen molar-refractivity contribution in [3.8, 4) is 17.2 Å². The van der Waals surface area contributed by atoms with E-state index in [1.165, 1.54) is 0 Å². The van der Waals surface area contributed by atoms with Crippen LogP contribution in [0.5, 0.6) is 11.5 Å². The zero-order valence-corrected chi connectivity index (χ0v) is 19.5. The molecule has 2 heterocycles. The predicted molar refractivity (Wildman–Crippen MR) is 124 cm³/mol. The summed E-state index contributed by atoms with van der Waals surface area (Å²) in [5, 5.41) is 7.59. The van der Waals surface area contributed by atoms with Gasteiger partial charge in [0.1, 0.15) is 17.5 Å². The summed E-state index contributed by atoms with van der Waals surface area (Å²) < 4.78 is 12.7. The van der Waals surface area contributed by atoms with Crippen LogP contribution in [0.25, 0.3) is 5.69 Å². The van der Waals surface area contributed by atoms with Crippen molar-refractivity contribution >= 4 is 11.8 Å². The third-order valence-corrected chi connectivity index (χ3v) is 6.09. The molecular weight excluding hydrogens is 420 g/mol. The van der Waals surface area contributed by atoms with Crippen LogP contribution in [0.3, 0.4) is 0 Å². The number of piperazine rings is 1. The molecule has 1 aliphatic rings. The van der Waals surface area contributed by atoms with E-state index in [1.807, 2.05) is 55.8 Å². The molecule has 0 bridgehead atoms. The van der Waals surface area contributed by atoms with Crippen LogP contribution < -0.4 is 14.8 Å². The third-order valence-electron chi connectivity index (χ3n) is 6.09. The Morgan fingerprint density at radius 2 is 1.70 bits per heavy atom. The first-order chi connectivity index (χ1) is 15.9. The van der Waals surface area contributed by atoms with E-state index in [-0.39, 0.29) is 11.8 Å². The molecule has 4 rings (SSSR count). The summed E-state index contributed by atoms with van der Waals surface area (Å²) in [6.07, 6.45) is 0. The molecule has 172 valence electrons. The van der Waals surface area contributed by atoms with Gasteiger partial charge in [0.25, 0.3) is 5.91 Å². The van der Waals surface area contributed by atoms with Crippen LogP contribution >= 0.6 is 0 Å². The number of nitrogens with zero attached hydrogens (tertiary/aromatic N) is 3. The van der Waals surface area contributed by atoms with Gasteiger partial charge in [0.05, 0.1) is 25.6 Å². The fourth-order valence-electron chi connectivity index (χ4n) is 4.42. The first-order valence-corrected chi connectivity index (χ1v) is 10.8. The zero-order valence-electron chi connectivity index (χ0n) is 19.5. The predicted octanol–water partition coefficient (Wildman–Crippen LogP) is 3.13. The average molecular weight is 449 g/mol. The summed E-state index contributed by atoms with van der Waals surface area (Å²) in [5.74, 6) is 0.622. The average Bonchev–Trinajstić information content (AvgIpc) is 3.12. The molecule has 1 aromatic heterocycles. The highest BCUT2D eigenvalue weighted by Crippen LogP contribution is 2.34. The monoisotopic (exact) mass is 448 g/mol. The molecule has 1 N–H and O–H groups in total. The van der Waals surface area contributed by atoms with Gasteiger partial charge < -0.3 is 19.7 Å². The SMILES string of the molecule is COc1cc(C(=O)N2CCNC(=O)C2c2c(C)nn(-c3ccccc3)c2C)cc(OC)c1C. The standard InChI is InChI=1S/C25H28N4O4/c1-15-20(32-4)13-18(14-21(15)33-5)25(31)28-12-11-26-24(30)23(28)22-16(2)27-29(17(22)3)19-9-7-6-8-10-19/h6-10,13-14,23H,11-12H2,1-5H3,(H,26,30). The molecular formula is C25H28N4O4. The van der Waals surface area contributed by atoms with E-state index < -0.39 is 6.04 Å². The smallest absolute Gasteiger partial charge is 0.255 e. The number of hydrogen-bond donors (Lipinski definition) is 1. The van der Waals surface area contributed by atoms with Crippen molar-refractivity contribution in [2.24, 2.45) is 0 Å². The number of rotatable bonds is 5. The lowest BCUT2D eigenvalue weighted by atomic mass is 9.98. The quantitative estimate of drug-likeness (QED) is 0.648. The molecule has 8 nitrogen and oxygen atoms in total. The number of benzene rings is 2. The molecule has 2 amide bonds. The fraction of sp³-hybridized carbons (Fsp3) is 0.320. The van der Waals surface area contributed by atoms with Crippen LogP contribution in [0.2, 0.25) is 0 Å². The first-order valence-electron chi connectivity index (χ1n) is 10.8. The van der Waals surface area contributed by atoms with E-state index in [2.05, 4.69) is 10.4 Å². The fourth-order valence-corrected chi connectivity index (χ4v) is 4.42. The summed E-state index contributed by atoms with van der Waals surface area (Å²) in [5.41, 5.74) is 4.36. The van der Waals surface area contributed by atoms with E-state index in [0.717, 1.165) is 22.5 Å². The Kier molecular flexibility index (Phi) is 6.09. The summed E-state index contributed by atoms with van der Waals surface area (Å²) in [6.45, 7) is 6.41. The molecule has 1 atom stereocenters. The number of methoxy groups -OCH3 is 2. The van der Waals surface area contributed by atoms with E-state index in [1.54, 1.807) is 31.3 Å². The molecule has 0 saturated carbocycles. The van der Waals surface area contributed by atoms with E-state index >= 15 is 0 Å². The first kappa shape index (κ1) is 22.4. The van der Waals surface area contributed by atoms with Crippen LogP contribution in [-0.4, -0.2) is 53.8 Å². The molecule has 1 saturated heterocycles. The second-order valence-corrected chi connectivity index (χ2v) is 8.03. The lowest BCUT2D eigenvalue weighted by Gasteiger charge is -2.35. The second kappa shape index (κ2) is 8.97. The van der Waals surface area contributed by atoms with Gasteiger partial charge >= 0.3 is 0 Å². The molecule has 8 heteroatoms. The number of hydrogen-bond acceptors (Lipinski definition) is 5. The number of aromatic nitrogens is 2. The number of ether oxygens (including phenoxy) is 2. The van der Waals surface area contributed by atoms with Gasteiger partial charge in [-0.25, -0.2) is 4.68 Å². The number of aryl methyl sites for hydroxylation is 1. The van der Waals surface area contributed by atoms with Crippen molar-refractivity contribution in [1.29, 1.82) is 0 Å². The van der Waals surface area contributed by atoms with Crippen LogP contribution in [0, 0.1) is 20.8 Å². The van der Waals surface area contributed by atoms with Crippen LogP contribution in [0.4, 0.5) is 0 Å². The van der Waals surface area contributed by atoms with E-state index in [0.29, 0.717) is 35.8 Å². The minimum absolute atomic E-state index is 0.223. The Labute approximate surface area is 193 Å². The largest absolute Gasteiger partial charge is 0.496 e. The van der Waals surface area contributed by atoms with E-state index in [9.17, 15) is 9.59 Å². The van der Waals surface area contributed by atoms with Gasteiger partial charge in [0, 0.05) is 35.5 Å². The van der Waals surface area contributed by atoms with Crippen molar-refractivity contribution in [3.63, 3.8) is 0 Å². The van der Waals surface area contributed by atoms with Crippen LogP contribution in [0.15, 0.2) is 42.5 Å². The molecule has 0 radical (unpaired) electrons. The van der Waals surface area contributed by atoms with Crippen molar-refractivity contribution in [1.82, 2.24) is 20.0 Å². The van der Waals surface area contributed by atoms with E-state index in [4.69, 9.17) is 9.47 Å². The molecule has 2 aromatic carbocycles. The lowest BCUT2D eigenvalue weighted by Crippen LogP contribution is -2.52. The maximum absolute atomic E-state index is 13.7. The summed E-state index contributed by atoms with van der Waals surface area (Å²) >= 11 is 0. The Morgan fingerprint density at radius 1 is 1.06 bits per heavy atom. The summed E-state index contributed by atoms with van der Waals surface area (Å²) in [4.78, 5) is 28.4. The molecule has 0 spiro atoms. The highest BCUT2D eigenvalue weighted by molar-refractivity contribution is 5.99. The van der Waals surface area contributed by atoms with Gasteiger partial charge in [-0.2, -0.15) is 5.10 Å². The second-order valence-electron chi connectivity index (χ2n) is 8.03. The van der Waals surface area contributed by atoms with Gasteiger partial charge in [-0.3, -0.25) is 9.59 Å². The van der Waals surface area contributed by atoms with Crippen molar-refractivity contribution in [3.05, 3.63) is 70.5 Å². The van der Waals surface area contributed by atoms with Gasteiger partial charge in [0.2, 0.25) is 5.91 Å². The molecule has 33 heavy (non-hydrogen) atoms. The number of carbonyl (C=O) groups is 2. The van der Waals surface area contributed by atoms with Gasteiger partial charge in [-0.05, 0) is 45.0 Å². The van der Waals surface area contributed by atoms with Gasteiger partial charge in [0.15, 0.2) is 0 Å². The Hall–Kier alpha value is -3.81. The number of carbonyl (C=O) groups excluding carboxylic acids is 2. The van der Waals surface area contributed by atoms with Crippen molar-refractivity contribution in [2.75, 3.05) is 27.3 Å². The highest BCUT2D eigenvalue weighted by atomic mass is 16.5. The third kappa shape index (κ3) is 3.92. The Morgan fingerprint density at radius 3 is 2.30 bits per heavy atom. The summed E-state index contributed by atoms with van der Waals surface area (Å²) in [6, 6.07) is 12.3. The Bertz CT molecular complexity index is 1180. The normalized spacial score (nSPS) is 15.8. The minimum Gasteiger partial charge on any atom is -0.496 e. The lowest BCUT2D eigenvalue weighted by molar-refractivity contribution is -0.128. The Balaban J connectivity index is 1.79. The maximum Gasteiger partial charge on any atom is 0.255 e. The van der Waals surface area contributed by atoms with Gasteiger partial charge in [-0.1, -0.05) is 18.2 Å². The molecule has 3 aromatic rings. The molecule has 1 unspecified atom stereocenters. The molecule has 1 fully saturated rings. The molecule has 1 aliphatic heterocycles. The topological polar surface area (TPSA) is 85.7 Å².